The number of hydrogen-bond donors (Lipinski definition) is 0. The molecule has 0 bridgehead atoms. The Kier molecular flexibility index (Phi) is 11.7. The third-order valence-corrected chi connectivity index (χ3v) is 25.9. The van der Waals surface area contributed by atoms with Gasteiger partial charge in [-0.1, -0.05) is 184 Å². The first-order valence-electron chi connectivity index (χ1n) is 33.7. The molecular formula is C82H92BN3OS. The first-order chi connectivity index (χ1) is 41.4. The number of furan rings is 1. The van der Waals surface area contributed by atoms with Crippen LogP contribution in [-0.4, -0.2) is 12.3 Å². The topological polar surface area (TPSA) is 22.9 Å². The molecule has 0 amide bonds. The van der Waals surface area contributed by atoms with Gasteiger partial charge in [-0.05, 0) is 218 Å². The summed E-state index contributed by atoms with van der Waals surface area (Å²) in [6.07, 6.45) is 11.7. The molecule has 0 saturated heterocycles. The maximum atomic E-state index is 8.02. The van der Waals surface area contributed by atoms with Crippen molar-refractivity contribution in [1.29, 1.82) is 0 Å². The third-order valence-electron chi connectivity index (χ3n) is 24.7. The van der Waals surface area contributed by atoms with E-state index in [1.54, 1.807) is 0 Å². The van der Waals surface area contributed by atoms with Crippen molar-refractivity contribution in [3.63, 3.8) is 0 Å². The second-order valence-electron chi connectivity index (χ2n) is 34.0. The summed E-state index contributed by atoms with van der Waals surface area (Å²) in [6.45, 7) is 42.0. The molecule has 2 atom stereocenters. The molecule has 2 aromatic heterocycles. The molecule has 1 fully saturated rings. The Morgan fingerprint density at radius 2 is 1.00 bits per heavy atom. The van der Waals surface area contributed by atoms with Gasteiger partial charge in [0, 0.05) is 59.7 Å². The minimum atomic E-state index is -0.194. The summed E-state index contributed by atoms with van der Waals surface area (Å²) in [6, 6.07) is 51.8. The predicted octanol–water partition coefficient (Wildman–Crippen LogP) is 21.5. The van der Waals surface area contributed by atoms with Gasteiger partial charge < -0.3 is 19.1 Å². The highest BCUT2D eigenvalue weighted by atomic mass is 32.1. The van der Waals surface area contributed by atoms with Crippen molar-refractivity contribution >= 4 is 101 Å². The van der Waals surface area contributed by atoms with E-state index in [9.17, 15) is 0 Å². The highest BCUT2D eigenvalue weighted by Gasteiger charge is 2.59. The fraction of sp³-hybridized carbons (Fsp3) is 0.439. The molecule has 7 aliphatic rings. The summed E-state index contributed by atoms with van der Waals surface area (Å²) in [5.74, 6) is 0. The molecule has 16 rings (SSSR count). The van der Waals surface area contributed by atoms with Gasteiger partial charge in [0.05, 0.1) is 22.6 Å². The lowest BCUT2D eigenvalue weighted by atomic mass is 9.38. The fourth-order valence-corrected chi connectivity index (χ4v) is 19.9. The van der Waals surface area contributed by atoms with E-state index in [1.807, 2.05) is 11.3 Å². The van der Waals surface area contributed by atoms with Crippen molar-refractivity contribution in [1.82, 2.24) is 0 Å². The van der Waals surface area contributed by atoms with E-state index in [-0.39, 0.29) is 55.6 Å². The summed E-state index contributed by atoms with van der Waals surface area (Å²) >= 11 is 2.04. The second kappa shape index (κ2) is 18.1. The first kappa shape index (κ1) is 56.7. The lowest BCUT2D eigenvalue weighted by Crippen LogP contribution is -2.60. The Morgan fingerprint density at radius 1 is 0.443 bits per heavy atom. The van der Waals surface area contributed by atoms with Gasteiger partial charge in [-0.25, -0.2) is 0 Å². The third kappa shape index (κ3) is 7.75. The van der Waals surface area contributed by atoms with Crippen LogP contribution in [0.2, 0.25) is 0 Å². The summed E-state index contributed by atoms with van der Waals surface area (Å²) in [4.78, 5) is 8.40. The average Bonchev–Trinajstić information content (AvgIpc) is 1.48. The zero-order valence-corrected chi connectivity index (χ0v) is 56.7. The maximum absolute atomic E-state index is 8.02. The first-order valence-corrected chi connectivity index (χ1v) is 34.5. The normalized spacial score (nSPS) is 23.6. The Labute approximate surface area is 530 Å². The Bertz CT molecular complexity index is 4460. The van der Waals surface area contributed by atoms with E-state index in [4.69, 9.17) is 4.42 Å². The second-order valence-corrected chi connectivity index (χ2v) is 35.0. The Hall–Kier alpha value is -6.50. The summed E-state index contributed by atoms with van der Waals surface area (Å²) in [5, 5.41) is 2.57. The van der Waals surface area contributed by atoms with Gasteiger partial charge in [0.15, 0.2) is 0 Å². The summed E-state index contributed by atoms with van der Waals surface area (Å²) in [5.41, 5.74) is 27.4. The molecule has 5 heterocycles. The number of benzene rings is 7. The van der Waals surface area contributed by atoms with Crippen LogP contribution in [0.3, 0.4) is 0 Å². The van der Waals surface area contributed by atoms with Crippen LogP contribution in [0.25, 0.3) is 32.2 Å². The van der Waals surface area contributed by atoms with Crippen LogP contribution < -0.4 is 30.6 Å². The Balaban J connectivity index is 1.10. The number of para-hydroxylation sites is 1. The van der Waals surface area contributed by atoms with Crippen LogP contribution in [0.4, 0.5) is 45.5 Å². The lowest BCUT2D eigenvalue weighted by Gasteiger charge is -2.51. The molecule has 0 N–H and O–H groups in total. The maximum Gasteiger partial charge on any atom is 0.309 e. The van der Waals surface area contributed by atoms with Crippen LogP contribution in [0.5, 0.6) is 0 Å². The lowest BCUT2D eigenvalue weighted by molar-refractivity contribution is 0.195. The molecule has 0 radical (unpaired) electrons. The summed E-state index contributed by atoms with van der Waals surface area (Å²) in [7, 11) is 0. The molecule has 9 aromatic rings. The number of anilines is 8. The van der Waals surface area contributed by atoms with Crippen LogP contribution in [0.1, 0.15) is 226 Å². The molecule has 88 heavy (non-hydrogen) atoms. The van der Waals surface area contributed by atoms with Crippen LogP contribution in [-0.2, 0) is 43.3 Å². The molecule has 450 valence electrons. The zero-order chi connectivity index (χ0) is 61.6. The monoisotopic (exact) mass is 1180 g/mol. The average molecular weight is 1180 g/mol. The standard InChI is InChI=1S/C82H92BN3OS/c1-74(2,3)50-29-32-63(53(41-50)49-25-19-18-20-26-49)85-66-44-52(86-64-28-22-21-27-57(64)81(16)33-23-24-34-82(81,86)17)43-65-69(66)83(73-71(85)55-46-60-62(48-68(55)88-73)80(14,15)40-38-78(60,10)11)72-70(54-45-59-61(47-67(54)87-72)79(12,13)39-37-77(59,8)9)84(65)51-30-31-56-58(42-51)76(6,7)36-35-75(56,4)5/h18-22,25-32,41-48H,23-24,33-40H2,1-17H3. The van der Waals surface area contributed by atoms with Gasteiger partial charge in [0.25, 0.3) is 0 Å². The van der Waals surface area contributed by atoms with Crippen LogP contribution >= 0.6 is 11.3 Å². The number of rotatable bonds is 4. The van der Waals surface area contributed by atoms with Gasteiger partial charge in [0.1, 0.15) is 11.2 Å². The molecule has 3 aliphatic heterocycles. The van der Waals surface area contributed by atoms with Crippen molar-refractivity contribution in [3.05, 3.63) is 172 Å². The number of nitrogens with zero attached hydrogens (tertiary/aromatic N) is 3. The van der Waals surface area contributed by atoms with Crippen molar-refractivity contribution < 1.29 is 4.42 Å². The molecular weight excluding hydrogens is 1090 g/mol. The van der Waals surface area contributed by atoms with Crippen LogP contribution in [0.15, 0.2) is 132 Å². The molecule has 7 aromatic carbocycles. The minimum Gasteiger partial charge on any atom is -0.468 e. The van der Waals surface area contributed by atoms with Crippen molar-refractivity contribution in [2.24, 2.45) is 0 Å². The van der Waals surface area contributed by atoms with Crippen molar-refractivity contribution in [2.45, 2.75) is 231 Å². The predicted molar refractivity (Wildman–Crippen MR) is 378 cm³/mol. The fourth-order valence-electron chi connectivity index (χ4n) is 18.6. The zero-order valence-electron chi connectivity index (χ0n) is 55.9. The van der Waals surface area contributed by atoms with Gasteiger partial charge in [0.2, 0.25) is 0 Å². The van der Waals surface area contributed by atoms with E-state index in [0.29, 0.717) is 0 Å². The largest absolute Gasteiger partial charge is 0.468 e. The minimum absolute atomic E-state index is 0.00272. The molecule has 0 spiro atoms. The molecule has 4 aliphatic carbocycles. The van der Waals surface area contributed by atoms with Gasteiger partial charge in [-0.15, -0.1) is 11.3 Å². The Morgan fingerprint density at radius 3 is 1.65 bits per heavy atom. The highest BCUT2D eigenvalue weighted by molar-refractivity contribution is 7.33. The molecule has 1 saturated carbocycles. The molecule has 6 heteroatoms. The van der Waals surface area contributed by atoms with E-state index < -0.39 is 0 Å². The van der Waals surface area contributed by atoms with Gasteiger partial charge >= 0.3 is 6.71 Å². The SMILES string of the molecule is CC(C)(C)c1ccc(N2c3cc(N4c5ccccc5C5(C)CCCCC45C)cc4c3B(c3oc5cc6c(cc5c3N4c3ccc4c(c3)C(C)(C)CCC4(C)C)C(C)(C)CCC6(C)C)c3sc4cc5c(cc4c32)C(C)(C)CCC5(C)C)c(-c2ccccc2)c1. The van der Waals surface area contributed by atoms with E-state index >= 15 is 0 Å². The van der Waals surface area contributed by atoms with Gasteiger partial charge in [-0.3, -0.25) is 0 Å². The number of thiophene rings is 1. The molecule has 4 nitrogen and oxygen atoms in total. The van der Waals surface area contributed by atoms with E-state index in [1.165, 1.54) is 159 Å². The van der Waals surface area contributed by atoms with Crippen LogP contribution in [0, 0.1) is 0 Å². The smallest absolute Gasteiger partial charge is 0.309 e. The summed E-state index contributed by atoms with van der Waals surface area (Å²) < 4.78 is 10.8. The molecule has 2 unspecified atom stereocenters. The highest BCUT2D eigenvalue weighted by Crippen LogP contribution is 2.63. The van der Waals surface area contributed by atoms with E-state index in [2.05, 4.69) is 260 Å². The van der Waals surface area contributed by atoms with Crippen molar-refractivity contribution in [3.8, 4) is 11.1 Å². The quantitative estimate of drug-likeness (QED) is 0.164. The van der Waals surface area contributed by atoms with Gasteiger partial charge in [-0.2, -0.15) is 0 Å². The van der Waals surface area contributed by atoms with Crippen molar-refractivity contribution in [2.75, 3.05) is 14.7 Å². The number of fused-ring (bicyclic) bond motifs is 14. The number of hydrogen-bond acceptors (Lipinski definition) is 5. The van der Waals surface area contributed by atoms with E-state index in [0.717, 1.165) is 43.3 Å².